The third-order valence-corrected chi connectivity index (χ3v) is 3.54. The number of hydrogen-bond donors (Lipinski definition) is 3. The molecule has 0 fully saturated rings. The summed E-state index contributed by atoms with van der Waals surface area (Å²) in [7, 11) is 0. The molecule has 0 unspecified atom stereocenters. The van der Waals surface area contributed by atoms with E-state index in [1.807, 2.05) is 13.8 Å². The molecule has 0 saturated heterocycles. The molecule has 5 heteroatoms. The molecule has 0 spiro atoms. The maximum absolute atomic E-state index is 12.4. The molecule has 0 rings (SSSR count). The van der Waals surface area contributed by atoms with Crippen molar-refractivity contribution in [3.63, 3.8) is 0 Å². The molecule has 0 aromatic rings. The molecule has 0 heterocycles. The summed E-state index contributed by atoms with van der Waals surface area (Å²) in [6.45, 7) is 12.4. The number of carbonyl (C=O) groups excluding carboxylic acids is 2. The lowest BCUT2D eigenvalue weighted by molar-refractivity contribution is -0.132. The van der Waals surface area contributed by atoms with Crippen molar-refractivity contribution >= 4 is 11.6 Å². The summed E-state index contributed by atoms with van der Waals surface area (Å²) in [4.78, 5) is 24.7. The molecule has 0 aliphatic heterocycles. The summed E-state index contributed by atoms with van der Waals surface area (Å²) in [5.74, 6) is -0.782. The summed E-state index contributed by atoms with van der Waals surface area (Å²) in [5, 5.41) is 22.1. The van der Waals surface area contributed by atoms with Crippen LogP contribution in [0.5, 0.6) is 0 Å². The molecule has 3 N–H and O–H groups in total. The van der Waals surface area contributed by atoms with Crippen LogP contribution < -0.4 is 5.32 Å². The second-order valence-electron chi connectivity index (χ2n) is 6.57. The van der Waals surface area contributed by atoms with Crippen molar-refractivity contribution in [2.75, 3.05) is 0 Å². The predicted octanol–water partition coefficient (Wildman–Crippen LogP) is 2.39. The number of carbonyl (C=O) groups is 2. The van der Waals surface area contributed by atoms with Crippen LogP contribution in [0, 0.1) is 11.8 Å². The number of Topliss-reactive ketones (excluding diaryl/α,β-unsaturated/α-hetero) is 2. The molecule has 0 radical (unpaired) electrons. The summed E-state index contributed by atoms with van der Waals surface area (Å²) < 4.78 is 0. The van der Waals surface area contributed by atoms with Gasteiger partial charge in [0.15, 0.2) is 5.78 Å². The quantitative estimate of drug-likeness (QED) is 0.510. The Morgan fingerprint density at radius 2 is 1.68 bits per heavy atom. The number of nitrogens with one attached hydrogen (secondary N) is 1. The van der Waals surface area contributed by atoms with Crippen molar-refractivity contribution in [1.82, 2.24) is 5.32 Å². The third-order valence-electron chi connectivity index (χ3n) is 3.54. The largest absolute Gasteiger partial charge is 0.513 e. The van der Waals surface area contributed by atoms with Gasteiger partial charge >= 0.3 is 0 Å². The molecular formula is C17H31NO4. The lowest BCUT2D eigenvalue weighted by Crippen LogP contribution is -2.48. The van der Waals surface area contributed by atoms with Gasteiger partial charge < -0.3 is 15.5 Å². The van der Waals surface area contributed by atoms with Crippen LogP contribution in [0.1, 0.15) is 53.9 Å². The van der Waals surface area contributed by atoms with Crippen molar-refractivity contribution in [3.8, 4) is 0 Å². The van der Waals surface area contributed by atoms with Crippen LogP contribution in [0.3, 0.4) is 0 Å². The molecule has 0 amide bonds. The third kappa shape index (κ3) is 7.71. The first-order valence-corrected chi connectivity index (χ1v) is 7.93. The van der Waals surface area contributed by atoms with Crippen LogP contribution in [0.2, 0.25) is 0 Å². The zero-order valence-electron chi connectivity index (χ0n) is 14.4. The first kappa shape index (κ1) is 20.8. The van der Waals surface area contributed by atoms with Gasteiger partial charge in [0.25, 0.3) is 0 Å². The molecule has 0 bridgehead atoms. The summed E-state index contributed by atoms with van der Waals surface area (Å²) in [6, 6.07) is -0.625. The zero-order valence-corrected chi connectivity index (χ0v) is 14.4. The summed E-state index contributed by atoms with van der Waals surface area (Å²) in [5.41, 5.74) is 0. The Kier molecular flexibility index (Phi) is 9.21. The first-order chi connectivity index (χ1) is 10.1. The van der Waals surface area contributed by atoms with Gasteiger partial charge in [-0.25, -0.2) is 0 Å². The van der Waals surface area contributed by atoms with Gasteiger partial charge in [-0.15, -0.1) is 0 Å². The number of aliphatic hydroxyl groups excluding tert-OH is 2. The van der Waals surface area contributed by atoms with E-state index in [2.05, 4.69) is 11.9 Å². The fourth-order valence-corrected chi connectivity index (χ4v) is 2.39. The van der Waals surface area contributed by atoms with E-state index in [0.717, 1.165) is 0 Å². The van der Waals surface area contributed by atoms with Crippen molar-refractivity contribution in [2.45, 2.75) is 72.1 Å². The lowest BCUT2D eigenvalue weighted by Gasteiger charge is -2.25. The predicted molar refractivity (Wildman–Crippen MR) is 87.7 cm³/mol. The highest BCUT2D eigenvalue weighted by molar-refractivity contribution is 5.91. The average molecular weight is 313 g/mol. The Balaban J connectivity index is 4.97. The van der Waals surface area contributed by atoms with E-state index < -0.39 is 18.1 Å². The second-order valence-corrected chi connectivity index (χ2v) is 6.57. The molecule has 0 aromatic heterocycles. The molecule has 0 saturated carbocycles. The summed E-state index contributed by atoms with van der Waals surface area (Å²) >= 11 is 0. The minimum absolute atomic E-state index is 0.00323. The highest BCUT2D eigenvalue weighted by Crippen LogP contribution is 2.20. The van der Waals surface area contributed by atoms with Gasteiger partial charge in [0.05, 0.1) is 17.9 Å². The second kappa shape index (κ2) is 9.74. The van der Waals surface area contributed by atoms with E-state index in [1.54, 1.807) is 20.8 Å². The van der Waals surface area contributed by atoms with E-state index in [9.17, 15) is 19.8 Å². The van der Waals surface area contributed by atoms with Gasteiger partial charge in [0, 0.05) is 30.7 Å². The van der Waals surface area contributed by atoms with Crippen LogP contribution in [0.25, 0.3) is 0 Å². The zero-order chi connectivity index (χ0) is 17.4. The van der Waals surface area contributed by atoms with Gasteiger partial charge in [0.1, 0.15) is 5.78 Å². The van der Waals surface area contributed by atoms with E-state index in [1.165, 1.54) is 0 Å². The number of hydrogen-bond acceptors (Lipinski definition) is 5. The average Bonchev–Trinajstić information content (AvgIpc) is 2.38. The normalized spacial score (nSPS) is 15.6. The molecule has 3 atom stereocenters. The topological polar surface area (TPSA) is 86.6 Å². The van der Waals surface area contributed by atoms with Crippen LogP contribution >= 0.6 is 0 Å². The Morgan fingerprint density at radius 3 is 2.05 bits per heavy atom. The maximum atomic E-state index is 12.4. The Hall–Kier alpha value is -1.20. The Labute approximate surface area is 133 Å². The number of aliphatic hydroxyl groups is 2. The van der Waals surface area contributed by atoms with Gasteiger partial charge in [0.2, 0.25) is 0 Å². The Bertz CT molecular complexity index is 388. The minimum atomic E-state index is -0.822. The van der Waals surface area contributed by atoms with E-state index in [0.29, 0.717) is 12.8 Å². The number of allylic oxidation sites excluding steroid dienone is 1. The van der Waals surface area contributed by atoms with Crippen molar-refractivity contribution < 1.29 is 19.8 Å². The van der Waals surface area contributed by atoms with Crippen LogP contribution in [0.4, 0.5) is 0 Å². The number of rotatable bonds is 11. The Morgan fingerprint density at radius 1 is 1.14 bits per heavy atom. The molecule has 0 aliphatic carbocycles. The minimum Gasteiger partial charge on any atom is -0.513 e. The van der Waals surface area contributed by atoms with E-state index >= 15 is 0 Å². The van der Waals surface area contributed by atoms with Crippen molar-refractivity contribution in [3.05, 3.63) is 12.3 Å². The van der Waals surface area contributed by atoms with Crippen LogP contribution in [0.15, 0.2) is 12.3 Å². The molecule has 0 aliphatic rings. The SMILES string of the molecule is C=C(O)CC[C@H](CC(=O)[C@@H](NC(C)C)[C@@H](C)O)C(=O)C(C)C. The maximum Gasteiger partial charge on any atom is 0.153 e. The monoisotopic (exact) mass is 313 g/mol. The van der Waals surface area contributed by atoms with E-state index in [4.69, 9.17) is 0 Å². The van der Waals surface area contributed by atoms with Gasteiger partial charge in [-0.05, 0) is 13.3 Å². The van der Waals surface area contributed by atoms with Gasteiger partial charge in [-0.3, -0.25) is 9.59 Å². The van der Waals surface area contributed by atoms with Crippen molar-refractivity contribution in [1.29, 1.82) is 0 Å². The highest BCUT2D eigenvalue weighted by atomic mass is 16.3. The molecule has 5 nitrogen and oxygen atoms in total. The van der Waals surface area contributed by atoms with Crippen molar-refractivity contribution in [2.24, 2.45) is 11.8 Å². The van der Waals surface area contributed by atoms with E-state index in [-0.39, 0.29) is 35.7 Å². The smallest absolute Gasteiger partial charge is 0.153 e. The molecular weight excluding hydrogens is 282 g/mol. The molecule has 0 aromatic carbocycles. The fraction of sp³-hybridized carbons (Fsp3) is 0.765. The van der Waals surface area contributed by atoms with Crippen LogP contribution in [-0.4, -0.2) is 40.0 Å². The number of ketones is 2. The van der Waals surface area contributed by atoms with Gasteiger partial charge in [-0.1, -0.05) is 34.3 Å². The molecule has 128 valence electrons. The fourth-order valence-electron chi connectivity index (χ4n) is 2.39. The highest BCUT2D eigenvalue weighted by Gasteiger charge is 2.30. The first-order valence-electron chi connectivity index (χ1n) is 7.93. The van der Waals surface area contributed by atoms with Gasteiger partial charge in [-0.2, -0.15) is 0 Å². The summed E-state index contributed by atoms with van der Waals surface area (Å²) in [6.07, 6.45) is -0.0586. The standard InChI is InChI=1S/C17H31NO4/c1-10(2)17(22)14(8-7-12(5)19)9-15(21)16(13(6)20)18-11(3)4/h10-11,13-14,16,18-20H,5,7-9H2,1-4,6H3/t13-,14-,16+/m1/s1. The molecule has 22 heavy (non-hydrogen) atoms. The lowest BCUT2D eigenvalue weighted by atomic mass is 9.85. The van der Waals surface area contributed by atoms with Crippen LogP contribution in [-0.2, 0) is 9.59 Å².